The van der Waals surface area contributed by atoms with Crippen molar-refractivity contribution in [3.63, 3.8) is 0 Å². The Morgan fingerprint density at radius 2 is 2.16 bits per heavy atom. The van der Waals surface area contributed by atoms with Gasteiger partial charge >= 0.3 is 5.97 Å². The number of hydrogen-bond acceptors (Lipinski definition) is 3. The fraction of sp³-hybridized carbons (Fsp3) is 0.0833. The van der Waals surface area contributed by atoms with Crippen LogP contribution in [0.3, 0.4) is 0 Å². The Bertz CT molecular complexity index is 727. The van der Waals surface area contributed by atoms with E-state index in [9.17, 15) is 9.59 Å². The molecular weight excluding hydrogens is 336 g/mol. The molecule has 0 spiro atoms. The Morgan fingerprint density at radius 3 is 2.74 bits per heavy atom. The van der Waals surface area contributed by atoms with Crippen LogP contribution < -0.4 is 5.43 Å². The molecule has 0 fully saturated rings. The maximum atomic E-state index is 11.6. The van der Waals surface area contributed by atoms with E-state index in [1.54, 1.807) is 18.2 Å². The molecule has 0 bridgehead atoms. The van der Waals surface area contributed by atoms with E-state index in [0.29, 0.717) is 20.7 Å². The first-order valence-corrected chi connectivity index (χ1v) is 6.36. The normalized spacial score (nSPS) is 10.5. The van der Waals surface area contributed by atoms with Gasteiger partial charge in [-0.1, -0.05) is 11.6 Å². The lowest BCUT2D eigenvalue weighted by molar-refractivity contribution is 0.0686. The summed E-state index contributed by atoms with van der Waals surface area (Å²) in [6, 6.07) is 5.04. The first-order valence-electron chi connectivity index (χ1n) is 5.19. The summed E-state index contributed by atoms with van der Waals surface area (Å²) in [5, 5.41) is 13.2. The molecule has 2 rings (SSSR count). The molecule has 5 nitrogen and oxygen atoms in total. The van der Waals surface area contributed by atoms with E-state index in [-0.39, 0.29) is 0 Å². The van der Waals surface area contributed by atoms with Gasteiger partial charge in [0.25, 0.3) is 0 Å². The molecule has 1 heterocycles. The molecule has 0 aliphatic carbocycles. The summed E-state index contributed by atoms with van der Waals surface area (Å²) in [6.07, 6.45) is 1.47. The van der Waals surface area contributed by atoms with Crippen molar-refractivity contribution in [2.24, 2.45) is 0 Å². The molecule has 7 heteroatoms. The highest BCUT2D eigenvalue weighted by molar-refractivity contribution is 9.10. The summed E-state index contributed by atoms with van der Waals surface area (Å²) in [5.41, 5.74) is -0.240. The van der Waals surface area contributed by atoms with Gasteiger partial charge in [0.05, 0.1) is 10.7 Å². The van der Waals surface area contributed by atoms with Crippen molar-refractivity contribution in [2.75, 3.05) is 0 Å². The number of aromatic nitrogens is 2. The smallest absolute Gasteiger partial charge is 0.360 e. The van der Waals surface area contributed by atoms with E-state index in [0.717, 1.165) is 0 Å². The molecule has 0 aliphatic rings. The minimum absolute atomic E-state index is 0.298. The molecule has 0 unspecified atom stereocenters. The molecule has 0 aliphatic heterocycles. The van der Waals surface area contributed by atoms with Crippen LogP contribution in [0.2, 0.25) is 5.02 Å². The summed E-state index contributed by atoms with van der Waals surface area (Å²) in [4.78, 5) is 22.6. The fourth-order valence-electron chi connectivity index (χ4n) is 1.51. The summed E-state index contributed by atoms with van der Waals surface area (Å²) >= 11 is 9.23. The number of rotatable bonds is 2. The summed E-state index contributed by atoms with van der Waals surface area (Å²) in [5.74, 6) is -1.36. The minimum atomic E-state index is -1.36. The number of aromatic carboxylic acids is 1. The van der Waals surface area contributed by atoms with Crippen LogP contribution in [0.5, 0.6) is 0 Å². The second-order valence-corrected chi connectivity index (χ2v) is 5.10. The second kappa shape index (κ2) is 5.14. The summed E-state index contributed by atoms with van der Waals surface area (Å²) in [7, 11) is 0. The molecular formula is C12H8BrClN2O3. The van der Waals surface area contributed by atoms with Gasteiger partial charge in [0.2, 0.25) is 11.1 Å². The molecule has 1 N–H and O–H groups in total. The van der Waals surface area contributed by atoms with E-state index in [1.165, 1.54) is 17.8 Å². The Kier molecular flexibility index (Phi) is 3.73. The highest BCUT2D eigenvalue weighted by atomic mass is 79.9. The van der Waals surface area contributed by atoms with Crippen LogP contribution in [-0.2, 0) is 0 Å². The van der Waals surface area contributed by atoms with Crippen molar-refractivity contribution in [2.45, 2.75) is 6.92 Å². The van der Waals surface area contributed by atoms with Crippen LogP contribution >= 0.6 is 27.5 Å². The van der Waals surface area contributed by atoms with Gasteiger partial charge in [0.15, 0.2) is 0 Å². The maximum absolute atomic E-state index is 11.6. The number of carboxylic acids is 1. The van der Waals surface area contributed by atoms with E-state index in [1.807, 2.05) is 0 Å². The highest BCUT2D eigenvalue weighted by Crippen LogP contribution is 2.24. The Labute approximate surface area is 121 Å². The zero-order valence-corrected chi connectivity index (χ0v) is 12.1. The maximum Gasteiger partial charge on any atom is 0.360 e. The fourth-order valence-corrected chi connectivity index (χ4v) is 1.93. The lowest BCUT2D eigenvalue weighted by Gasteiger charge is -2.08. The van der Waals surface area contributed by atoms with E-state index in [2.05, 4.69) is 21.0 Å². The topological polar surface area (TPSA) is 72.2 Å². The predicted octanol–water partition coefficient (Wildman–Crippen LogP) is 2.66. The Morgan fingerprint density at radius 1 is 1.47 bits per heavy atom. The van der Waals surface area contributed by atoms with Crippen LogP contribution in [0.15, 0.2) is 33.7 Å². The van der Waals surface area contributed by atoms with Crippen LogP contribution in [0.4, 0.5) is 0 Å². The molecule has 98 valence electrons. The van der Waals surface area contributed by atoms with E-state index < -0.39 is 17.1 Å². The highest BCUT2D eigenvalue weighted by Gasteiger charge is 2.14. The van der Waals surface area contributed by atoms with Gasteiger partial charge in [0.1, 0.15) is 0 Å². The molecule has 1 aromatic carbocycles. The van der Waals surface area contributed by atoms with Gasteiger partial charge in [0, 0.05) is 16.2 Å². The van der Waals surface area contributed by atoms with Crippen molar-refractivity contribution in [3.05, 3.63) is 55.4 Å². The lowest BCUT2D eigenvalue weighted by Crippen LogP contribution is -2.23. The van der Waals surface area contributed by atoms with E-state index >= 15 is 0 Å². The third-order valence-electron chi connectivity index (χ3n) is 2.47. The van der Waals surface area contributed by atoms with Crippen LogP contribution in [0, 0.1) is 6.92 Å². The van der Waals surface area contributed by atoms with Gasteiger partial charge in [-0.3, -0.25) is 4.79 Å². The predicted molar refractivity (Wildman–Crippen MR) is 74.2 cm³/mol. The third-order valence-corrected chi connectivity index (χ3v) is 3.70. The molecule has 0 atom stereocenters. The van der Waals surface area contributed by atoms with Crippen molar-refractivity contribution in [3.8, 4) is 5.69 Å². The van der Waals surface area contributed by atoms with Gasteiger partial charge in [-0.25, -0.2) is 9.48 Å². The second-order valence-electron chi connectivity index (χ2n) is 3.84. The first-order chi connectivity index (χ1) is 8.90. The van der Waals surface area contributed by atoms with Gasteiger partial charge in [-0.15, -0.1) is 0 Å². The molecule has 0 amide bonds. The zero-order chi connectivity index (χ0) is 14.2. The van der Waals surface area contributed by atoms with Crippen LogP contribution in [-0.4, -0.2) is 20.9 Å². The number of carboxylic acid groups (broad SMARTS) is 1. The van der Waals surface area contributed by atoms with Crippen LogP contribution in [0.1, 0.15) is 16.1 Å². The van der Waals surface area contributed by atoms with Crippen molar-refractivity contribution in [1.29, 1.82) is 0 Å². The SMILES string of the molecule is Cc1cn(-c2ccc(Br)c(Cl)c2)nc(C(=O)O)c1=O. The minimum Gasteiger partial charge on any atom is -0.476 e. The number of aryl methyl sites for hydroxylation is 1. The monoisotopic (exact) mass is 342 g/mol. The molecule has 2 aromatic rings. The number of benzene rings is 1. The van der Waals surface area contributed by atoms with Crippen LogP contribution in [0.25, 0.3) is 5.69 Å². The Balaban J connectivity index is 2.66. The summed E-state index contributed by atoms with van der Waals surface area (Å²) in [6.45, 7) is 1.54. The summed E-state index contributed by atoms with van der Waals surface area (Å²) < 4.78 is 2.03. The number of hydrogen-bond donors (Lipinski definition) is 1. The Hall–Kier alpha value is -1.66. The van der Waals surface area contributed by atoms with Crippen molar-refractivity contribution >= 4 is 33.5 Å². The van der Waals surface area contributed by atoms with E-state index in [4.69, 9.17) is 16.7 Å². The van der Waals surface area contributed by atoms with Crippen molar-refractivity contribution < 1.29 is 9.90 Å². The average molecular weight is 344 g/mol. The number of nitrogens with zero attached hydrogens (tertiary/aromatic N) is 2. The lowest BCUT2D eigenvalue weighted by atomic mass is 10.2. The van der Waals surface area contributed by atoms with Gasteiger partial charge in [-0.2, -0.15) is 5.10 Å². The molecule has 1 aromatic heterocycles. The third kappa shape index (κ3) is 2.69. The van der Waals surface area contributed by atoms with Gasteiger partial charge < -0.3 is 5.11 Å². The zero-order valence-electron chi connectivity index (χ0n) is 9.72. The molecule has 0 saturated carbocycles. The first kappa shape index (κ1) is 13.8. The van der Waals surface area contributed by atoms with Crippen molar-refractivity contribution in [1.82, 2.24) is 9.78 Å². The standard InChI is InChI=1S/C12H8BrClN2O3/c1-6-5-16(15-10(11(6)17)12(18)19)7-2-3-8(13)9(14)4-7/h2-5H,1H3,(H,18,19). The number of halogens is 2. The largest absolute Gasteiger partial charge is 0.476 e. The number of carbonyl (C=O) groups is 1. The molecule has 0 saturated heterocycles. The molecule has 0 radical (unpaired) electrons. The average Bonchev–Trinajstić information content (AvgIpc) is 2.35. The molecule has 19 heavy (non-hydrogen) atoms. The quantitative estimate of drug-likeness (QED) is 0.910. The van der Waals surface area contributed by atoms with Gasteiger partial charge in [-0.05, 0) is 41.1 Å².